The summed E-state index contributed by atoms with van der Waals surface area (Å²) < 4.78 is 29.5. The molecule has 0 aliphatic heterocycles. The molecule has 0 aliphatic rings. The molecule has 1 unspecified atom stereocenters. The molecular weight excluding hydrogens is 365 g/mol. The summed E-state index contributed by atoms with van der Waals surface area (Å²) in [4.78, 5) is 25.9. The highest BCUT2D eigenvalue weighted by molar-refractivity contribution is 5.94. The van der Waals surface area contributed by atoms with Gasteiger partial charge in [-0.1, -0.05) is 19.1 Å². The zero-order valence-electron chi connectivity index (χ0n) is 16.2. The first-order valence-electron chi connectivity index (χ1n) is 8.84. The number of methoxy groups -OCH3 is 2. The van der Waals surface area contributed by atoms with Crippen LogP contribution in [0.2, 0.25) is 0 Å². The van der Waals surface area contributed by atoms with Crippen LogP contribution in [0, 0.1) is 11.7 Å². The van der Waals surface area contributed by atoms with Gasteiger partial charge in [-0.25, -0.2) is 4.39 Å². The van der Waals surface area contributed by atoms with E-state index in [4.69, 9.17) is 14.2 Å². The summed E-state index contributed by atoms with van der Waals surface area (Å²) >= 11 is 0. The number of hydrogen-bond donors (Lipinski definition) is 0. The van der Waals surface area contributed by atoms with Gasteiger partial charge in [0, 0.05) is 6.54 Å². The average molecular weight is 389 g/mol. The van der Waals surface area contributed by atoms with Crippen molar-refractivity contribution < 1.29 is 28.2 Å². The van der Waals surface area contributed by atoms with Crippen LogP contribution in [0.15, 0.2) is 48.5 Å². The molecule has 0 saturated heterocycles. The second-order valence-corrected chi connectivity index (χ2v) is 6.18. The molecular formula is C21H24FNO5. The maximum atomic E-state index is 14.0. The molecule has 0 bridgehead atoms. The Hall–Kier alpha value is -3.09. The van der Waals surface area contributed by atoms with Crippen LogP contribution in [0.25, 0.3) is 0 Å². The zero-order valence-corrected chi connectivity index (χ0v) is 16.2. The molecule has 2 rings (SSSR count). The number of nitrogens with zero attached hydrogens (tertiary/aromatic N) is 1. The number of benzene rings is 2. The molecule has 28 heavy (non-hydrogen) atoms. The molecule has 7 heteroatoms. The smallest absolute Gasteiger partial charge is 0.310 e. The van der Waals surface area contributed by atoms with E-state index in [0.29, 0.717) is 11.5 Å². The molecule has 0 spiro atoms. The third-order valence-electron chi connectivity index (χ3n) is 4.18. The van der Waals surface area contributed by atoms with E-state index in [1.807, 2.05) is 0 Å². The van der Waals surface area contributed by atoms with Gasteiger partial charge in [-0.15, -0.1) is 0 Å². The minimum Gasteiger partial charge on any atom is -0.497 e. The number of hydrogen-bond acceptors (Lipinski definition) is 5. The summed E-state index contributed by atoms with van der Waals surface area (Å²) in [7, 11) is 2.86. The van der Waals surface area contributed by atoms with E-state index in [2.05, 4.69) is 0 Å². The Morgan fingerprint density at radius 2 is 1.68 bits per heavy atom. The quantitative estimate of drug-likeness (QED) is 0.617. The predicted molar refractivity (Wildman–Crippen MR) is 102 cm³/mol. The highest BCUT2D eigenvalue weighted by Crippen LogP contribution is 2.17. The number of esters is 1. The number of carbonyl (C=O) groups is 2. The number of halogens is 1. The second-order valence-electron chi connectivity index (χ2n) is 6.18. The number of amides is 1. The molecule has 0 N–H and O–H groups in total. The molecule has 2 aromatic rings. The largest absolute Gasteiger partial charge is 0.497 e. The Morgan fingerprint density at radius 3 is 2.29 bits per heavy atom. The average Bonchev–Trinajstić information content (AvgIpc) is 2.72. The lowest BCUT2D eigenvalue weighted by molar-refractivity contribution is -0.145. The van der Waals surface area contributed by atoms with Crippen LogP contribution >= 0.6 is 0 Å². The molecule has 150 valence electrons. The van der Waals surface area contributed by atoms with E-state index in [-0.39, 0.29) is 25.3 Å². The van der Waals surface area contributed by atoms with Gasteiger partial charge >= 0.3 is 5.97 Å². The molecule has 0 heterocycles. The van der Waals surface area contributed by atoms with Crippen LogP contribution in [0.4, 0.5) is 4.39 Å². The first-order valence-corrected chi connectivity index (χ1v) is 8.84. The molecule has 6 nitrogen and oxygen atoms in total. The van der Waals surface area contributed by atoms with Crippen molar-refractivity contribution in [3.63, 3.8) is 0 Å². The Labute approximate surface area is 163 Å². The minimum absolute atomic E-state index is 0.0518. The molecule has 0 aromatic heterocycles. The van der Waals surface area contributed by atoms with Gasteiger partial charge in [0.05, 0.1) is 32.2 Å². The van der Waals surface area contributed by atoms with Crippen molar-refractivity contribution in [2.24, 2.45) is 5.92 Å². The third-order valence-corrected chi connectivity index (χ3v) is 4.18. The summed E-state index contributed by atoms with van der Waals surface area (Å²) in [6, 6.07) is 12.8. The first-order chi connectivity index (χ1) is 13.5. The van der Waals surface area contributed by atoms with Gasteiger partial charge in [0.2, 0.25) is 0 Å². The zero-order chi connectivity index (χ0) is 20.5. The highest BCUT2D eigenvalue weighted by Gasteiger charge is 2.24. The summed E-state index contributed by atoms with van der Waals surface area (Å²) in [5.74, 6) is -0.800. The van der Waals surface area contributed by atoms with Gasteiger partial charge in [-0.05, 0) is 36.4 Å². The molecule has 0 fully saturated rings. The third kappa shape index (κ3) is 5.70. The first kappa shape index (κ1) is 21.2. The van der Waals surface area contributed by atoms with Crippen molar-refractivity contribution in [2.75, 3.05) is 33.9 Å². The number of carbonyl (C=O) groups excluding carboxylic acids is 2. The van der Waals surface area contributed by atoms with Gasteiger partial charge in [0.15, 0.2) is 0 Å². The normalized spacial score (nSPS) is 11.4. The fourth-order valence-electron chi connectivity index (χ4n) is 2.63. The minimum atomic E-state index is -0.612. The molecule has 1 amide bonds. The maximum Gasteiger partial charge on any atom is 0.310 e. The summed E-state index contributed by atoms with van der Waals surface area (Å²) in [5.41, 5.74) is -0.0518. The predicted octanol–water partition coefficient (Wildman–Crippen LogP) is 3.16. The molecule has 0 radical (unpaired) electrons. The van der Waals surface area contributed by atoms with E-state index < -0.39 is 23.6 Å². The Bertz CT molecular complexity index is 794. The molecule has 2 aromatic carbocycles. The SMILES string of the molecule is COC(=O)C(C)CN(CCOc1ccc(OC)cc1)C(=O)c1ccccc1F. The van der Waals surface area contributed by atoms with Gasteiger partial charge in [0.1, 0.15) is 23.9 Å². The Balaban J connectivity index is 2.07. The van der Waals surface area contributed by atoms with Gasteiger partial charge < -0.3 is 19.1 Å². The Morgan fingerprint density at radius 1 is 1.04 bits per heavy atom. The van der Waals surface area contributed by atoms with Crippen molar-refractivity contribution in [1.82, 2.24) is 4.90 Å². The van der Waals surface area contributed by atoms with Gasteiger partial charge in [-0.2, -0.15) is 0 Å². The van der Waals surface area contributed by atoms with Crippen molar-refractivity contribution in [1.29, 1.82) is 0 Å². The standard InChI is InChI=1S/C21H24FNO5/c1-15(21(25)27-3)14-23(20(24)18-6-4-5-7-19(18)22)12-13-28-17-10-8-16(26-2)9-11-17/h4-11,15H,12-14H2,1-3H3. The molecule has 0 aliphatic carbocycles. The van der Waals surface area contributed by atoms with Crippen molar-refractivity contribution >= 4 is 11.9 Å². The lowest BCUT2D eigenvalue weighted by Gasteiger charge is -2.25. The lowest BCUT2D eigenvalue weighted by atomic mass is 10.1. The second kappa shape index (κ2) is 10.3. The van der Waals surface area contributed by atoms with Crippen molar-refractivity contribution in [3.05, 3.63) is 59.9 Å². The van der Waals surface area contributed by atoms with Gasteiger partial charge in [0.25, 0.3) is 5.91 Å². The van der Waals surface area contributed by atoms with E-state index in [1.54, 1.807) is 44.4 Å². The van der Waals surface area contributed by atoms with Gasteiger partial charge in [-0.3, -0.25) is 9.59 Å². The van der Waals surface area contributed by atoms with Crippen LogP contribution in [-0.4, -0.2) is 50.7 Å². The van der Waals surface area contributed by atoms with E-state index in [0.717, 1.165) is 0 Å². The van der Waals surface area contributed by atoms with Crippen LogP contribution in [0.1, 0.15) is 17.3 Å². The fraction of sp³-hybridized carbons (Fsp3) is 0.333. The summed E-state index contributed by atoms with van der Waals surface area (Å²) in [6.45, 7) is 2.10. The number of rotatable bonds is 9. The lowest BCUT2D eigenvalue weighted by Crippen LogP contribution is -2.40. The maximum absolute atomic E-state index is 14.0. The van der Waals surface area contributed by atoms with Crippen LogP contribution in [0.3, 0.4) is 0 Å². The fourth-order valence-corrected chi connectivity index (χ4v) is 2.63. The van der Waals surface area contributed by atoms with Crippen molar-refractivity contribution in [3.8, 4) is 11.5 Å². The van der Waals surface area contributed by atoms with E-state index in [1.165, 1.54) is 30.2 Å². The Kier molecular flexibility index (Phi) is 7.80. The molecule has 0 saturated carbocycles. The van der Waals surface area contributed by atoms with Crippen LogP contribution < -0.4 is 9.47 Å². The summed E-state index contributed by atoms with van der Waals surface area (Å²) in [5, 5.41) is 0. The highest BCUT2D eigenvalue weighted by atomic mass is 19.1. The van der Waals surface area contributed by atoms with Crippen LogP contribution in [0.5, 0.6) is 11.5 Å². The monoisotopic (exact) mass is 389 g/mol. The summed E-state index contributed by atoms with van der Waals surface area (Å²) in [6.07, 6.45) is 0. The topological polar surface area (TPSA) is 65.1 Å². The van der Waals surface area contributed by atoms with Crippen LogP contribution in [-0.2, 0) is 9.53 Å². The van der Waals surface area contributed by atoms with E-state index >= 15 is 0 Å². The number of ether oxygens (including phenoxy) is 3. The van der Waals surface area contributed by atoms with Crippen molar-refractivity contribution in [2.45, 2.75) is 6.92 Å². The van der Waals surface area contributed by atoms with E-state index in [9.17, 15) is 14.0 Å². The molecule has 1 atom stereocenters.